The van der Waals surface area contributed by atoms with Gasteiger partial charge in [0.15, 0.2) is 0 Å². The lowest BCUT2D eigenvalue weighted by Crippen LogP contribution is -2.27. The van der Waals surface area contributed by atoms with Crippen LogP contribution in [0.2, 0.25) is 0 Å². The lowest BCUT2D eigenvalue weighted by Gasteiger charge is -2.39. The van der Waals surface area contributed by atoms with E-state index in [1.165, 1.54) is 11.1 Å². The summed E-state index contributed by atoms with van der Waals surface area (Å²) in [7, 11) is -4.74. The second-order valence-corrected chi connectivity index (χ2v) is 15.4. The van der Waals surface area contributed by atoms with Gasteiger partial charge >= 0.3 is 7.82 Å². The van der Waals surface area contributed by atoms with Gasteiger partial charge in [-0.1, -0.05) is 114 Å². The van der Waals surface area contributed by atoms with Crippen LogP contribution in [0.5, 0.6) is 11.5 Å². The molecule has 5 heteroatoms. The van der Waals surface area contributed by atoms with Crippen molar-refractivity contribution in [3.05, 3.63) is 57.6 Å². The van der Waals surface area contributed by atoms with Crippen LogP contribution >= 0.6 is 7.82 Å². The number of phosphoric acid groups is 1. The van der Waals surface area contributed by atoms with Crippen molar-refractivity contribution in [2.45, 2.75) is 143 Å². The number of fused-ring (bicyclic) bond motifs is 2. The molecule has 4 nitrogen and oxygen atoms in total. The van der Waals surface area contributed by atoms with Crippen LogP contribution in [-0.4, -0.2) is 0 Å². The van der Waals surface area contributed by atoms with Gasteiger partial charge in [0.2, 0.25) is 0 Å². The molecule has 1 heterocycles. The van der Waals surface area contributed by atoms with Gasteiger partial charge < -0.3 is 13.9 Å². The molecular weight excluding hydrogens is 503 g/mol. The summed E-state index contributed by atoms with van der Waals surface area (Å²) in [6.07, 6.45) is 3.63. The molecule has 0 bridgehead atoms. The van der Waals surface area contributed by atoms with Crippen LogP contribution in [-0.2, 0) is 26.2 Å². The molecule has 0 saturated heterocycles. The van der Waals surface area contributed by atoms with E-state index >= 15 is 0 Å². The van der Waals surface area contributed by atoms with Gasteiger partial charge in [0, 0.05) is 28.2 Å². The first-order valence-electron chi connectivity index (χ1n) is 14.8. The van der Waals surface area contributed by atoms with Crippen LogP contribution in [0, 0.1) is 0 Å². The summed E-state index contributed by atoms with van der Waals surface area (Å²) >= 11 is 0. The molecule has 218 valence electrons. The van der Waals surface area contributed by atoms with Crippen molar-refractivity contribution in [1.82, 2.24) is 0 Å². The van der Waals surface area contributed by atoms with Crippen LogP contribution < -0.4 is 13.9 Å². The minimum Gasteiger partial charge on any atom is -0.736 e. The maximum atomic E-state index is 13.6. The van der Waals surface area contributed by atoms with Crippen LogP contribution in [0.25, 0.3) is 0 Å². The predicted molar refractivity (Wildman–Crippen MR) is 163 cm³/mol. The second-order valence-electron chi connectivity index (χ2n) is 14.2. The van der Waals surface area contributed by atoms with Gasteiger partial charge in [-0.05, 0) is 58.5 Å². The molecule has 0 spiro atoms. The Labute approximate surface area is 238 Å². The molecule has 0 N–H and O–H groups in total. The minimum absolute atomic E-state index is 0.0718. The topological polar surface area (TPSA) is 58.6 Å². The van der Waals surface area contributed by atoms with Crippen LogP contribution in [0.4, 0.5) is 0 Å². The molecule has 0 radical (unpaired) electrons. The minimum atomic E-state index is -4.74. The molecule has 0 saturated carbocycles. The zero-order valence-corrected chi connectivity index (χ0v) is 27.7. The maximum absolute atomic E-state index is 13.6. The van der Waals surface area contributed by atoms with Gasteiger partial charge in [0.25, 0.3) is 0 Å². The summed E-state index contributed by atoms with van der Waals surface area (Å²) in [6, 6.07) is 8.72. The molecule has 2 aromatic rings. The summed E-state index contributed by atoms with van der Waals surface area (Å²) in [5.74, 6) is 0.740. The molecule has 0 amide bonds. The Morgan fingerprint density at radius 2 is 0.949 bits per heavy atom. The summed E-state index contributed by atoms with van der Waals surface area (Å²) in [6.45, 7) is 28.5. The zero-order chi connectivity index (χ0) is 29.8. The van der Waals surface area contributed by atoms with E-state index in [1.54, 1.807) is 0 Å². The Hall–Kier alpha value is -1.77. The Kier molecular flexibility index (Phi) is 8.60. The molecule has 39 heavy (non-hydrogen) atoms. The third-order valence-electron chi connectivity index (χ3n) is 10.1. The third-order valence-corrected chi connectivity index (χ3v) is 10.9. The van der Waals surface area contributed by atoms with Crippen LogP contribution in [0.3, 0.4) is 0 Å². The first-order chi connectivity index (χ1) is 17.8. The summed E-state index contributed by atoms with van der Waals surface area (Å²) in [5, 5.41) is 0. The Morgan fingerprint density at radius 3 is 1.23 bits per heavy atom. The average molecular weight is 556 g/mol. The predicted octanol–water partition coefficient (Wildman–Crippen LogP) is 9.83. The van der Waals surface area contributed by atoms with Crippen LogP contribution in [0.1, 0.15) is 155 Å². The second kappa shape index (κ2) is 10.6. The molecule has 0 unspecified atom stereocenters. The smallest absolute Gasteiger partial charge is 0.372 e. The van der Waals surface area contributed by atoms with Crippen molar-refractivity contribution in [3.8, 4) is 11.5 Å². The molecular formula is C34H52O4P-. The van der Waals surface area contributed by atoms with Gasteiger partial charge in [0.05, 0.1) is 0 Å². The van der Waals surface area contributed by atoms with Gasteiger partial charge in [-0.15, -0.1) is 0 Å². The zero-order valence-electron chi connectivity index (χ0n) is 26.8. The number of benzene rings is 2. The fourth-order valence-corrected chi connectivity index (χ4v) is 6.03. The van der Waals surface area contributed by atoms with E-state index in [1.807, 2.05) is 0 Å². The fraction of sp³-hybridized carbons (Fsp3) is 0.647. The van der Waals surface area contributed by atoms with E-state index in [9.17, 15) is 9.46 Å². The first kappa shape index (κ1) is 31.8. The standard InChI is InChI=1S/C34H53O4P/c1-14-31(6,7)23-18-25-22(5)26-19-24(32(8,9)15-2)21-28(34(12,13)17-4)30(26)38-39(35,36)37-29(25)27(20-23)33(10,11)16-3/h18-22H,14-17H2,1-13H3,(H,35,36)/p-1. The van der Waals surface area contributed by atoms with Crippen molar-refractivity contribution < 1.29 is 18.5 Å². The molecule has 1 aliphatic rings. The van der Waals surface area contributed by atoms with E-state index in [-0.39, 0.29) is 27.6 Å². The van der Waals surface area contributed by atoms with Gasteiger partial charge in [-0.25, -0.2) is 4.57 Å². The number of rotatable bonds is 8. The van der Waals surface area contributed by atoms with Gasteiger partial charge in [0.1, 0.15) is 11.5 Å². The highest BCUT2D eigenvalue weighted by molar-refractivity contribution is 7.46. The summed E-state index contributed by atoms with van der Waals surface area (Å²) < 4.78 is 25.6. The quantitative estimate of drug-likeness (QED) is 0.304. The highest BCUT2D eigenvalue weighted by Gasteiger charge is 2.38. The molecule has 3 rings (SSSR count). The fourth-order valence-electron chi connectivity index (χ4n) is 5.14. The monoisotopic (exact) mass is 555 g/mol. The number of phosphoric ester groups is 1. The highest BCUT2D eigenvalue weighted by atomic mass is 31.2. The molecule has 2 aromatic carbocycles. The molecule has 0 atom stereocenters. The molecule has 0 fully saturated rings. The number of hydrogen-bond donors (Lipinski definition) is 0. The largest absolute Gasteiger partial charge is 0.736 e. The van der Waals surface area contributed by atoms with E-state index < -0.39 is 7.82 Å². The van der Waals surface area contributed by atoms with E-state index in [4.69, 9.17) is 9.05 Å². The van der Waals surface area contributed by atoms with E-state index in [2.05, 4.69) is 114 Å². The first-order valence-corrected chi connectivity index (χ1v) is 16.3. The average Bonchev–Trinajstić information content (AvgIpc) is 2.86. The van der Waals surface area contributed by atoms with Gasteiger partial charge in [-0.3, -0.25) is 0 Å². The summed E-state index contributed by atoms with van der Waals surface area (Å²) in [4.78, 5) is 13.6. The number of hydrogen-bond acceptors (Lipinski definition) is 4. The van der Waals surface area contributed by atoms with Crippen molar-refractivity contribution >= 4 is 7.82 Å². The Bertz CT molecular complexity index is 1170. The molecule has 0 aromatic heterocycles. The van der Waals surface area contributed by atoms with Crippen molar-refractivity contribution in [3.63, 3.8) is 0 Å². The SMILES string of the molecule is CCC(C)(C)c1cc2c(c(C(C)(C)CC)c1)OP(=O)([O-])Oc1c(cc(C(C)(C)CC)cc1C(C)(C)CC)C2C. The van der Waals surface area contributed by atoms with E-state index in [0.29, 0.717) is 11.5 Å². The summed E-state index contributed by atoms with van der Waals surface area (Å²) in [5.41, 5.74) is 5.38. The van der Waals surface area contributed by atoms with Crippen LogP contribution in [0.15, 0.2) is 24.3 Å². The Balaban J connectivity index is 2.54. The highest BCUT2D eigenvalue weighted by Crippen LogP contribution is 2.56. The van der Waals surface area contributed by atoms with Crippen molar-refractivity contribution in [1.29, 1.82) is 0 Å². The Morgan fingerprint density at radius 1 is 0.641 bits per heavy atom. The lowest BCUT2D eigenvalue weighted by atomic mass is 9.72. The molecule has 1 aliphatic heterocycles. The normalized spacial score (nSPS) is 20.3. The van der Waals surface area contributed by atoms with E-state index in [0.717, 1.165) is 47.9 Å². The lowest BCUT2D eigenvalue weighted by molar-refractivity contribution is -0.208. The third kappa shape index (κ3) is 5.98. The maximum Gasteiger partial charge on any atom is 0.372 e. The molecule has 0 aliphatic carbocycles. The van der Waals surface area contributed by atoms with Gasteiger partial charge in [-0.2, -0.15) is 0 Å². The van der Waals surface area contributed by atoms with Crippen molar-refractivity contribution in [2.75, 3.05) is 0 Å². The van der Waals surface area contributed by atoms with Crippen molar-refractivity contribution in [2.24, 2.45) is 0 Å².